The van der Waals surface area contributed by atoms with Gasteiger partial charge in [0.25, 0.3) is 5.91 Å². The molecule has 1 aliphatic heterocycles. The number of unbranched alkanes of at least 4 members (excludes halogenated alkanes) is 1. The Bertz CT molecular complexity index is 725. The number of H-pyrrole nitrogens is 1. The Morgan fingerprint density at radius 1 is 1.17 bits per heavy atom. The zero-order valence-electron chi connectivity index (χ0n) is 13.1. The Morgan fingerprint density at radius 3 is 2.70 bits per heavy atom. The first kappa shape index (κ1) is 15.2. The van der Waals surface area contributed by atoms with Gasteiger partial charge in [0, 0.05) is 23.2 Å². The van der Waals surface area contributed by atoms with Gasteiger partial charge in [-0.05, 0) is 60.5 Å². The molecule has 0 radical (unpaired) electrons. The van der Waals surface area contributed by atoms with Gasteiger partial charge in [-0.1, -0.05) is 13.3 Å². The maximum Gasteiger partial charge on any atom is 0.255 e. The molecular formula is C19H20N2O2. The molecule has 0 aliphatic carbocycles. The van der Waals surface area contributed by atoms with Crippen LogP contribution < -0.4 is 10.1 Å². The van der Waals surface area contributed by atoms with Crippen LogP contribution in [0.3, 0.4) is 0 Å². The molecule has 0 atom stereocenters. The third kappa shape index (κ3) is 3.72. The van der Waals surface area contributed by atoms with E-state index in [1.54, 1.807) is 0 Å². The predicted octanol–water partition coefficient (Wildman–Crippen LogP) is 3.75. The number of aromatic amines is 1. The number of hydrogen-bond donors (Lipinski definition) is 2. The van der Waals surface area contributed by atoms with E-state index in [4.69, 9.17) is 4.74 Å². The summed E-state index contributed by atoms with van der Waals surface area (Å²) in [5.41, 5.74) is 3.34. The van der Waals surface area contributed by atoms with Gasteiger partial charge in [-0.25, -0.2) is 0 Å². The lowest BCUT2D eigenvalue weighted by molar-refractivity contribution is -0.115. The highest BCUT2D eigenvalue weighted by Gasteiger charge is 2.19. The molecule has 0 saturated carbocycles. The standard InChI is InChI=1S/C19H20N2O2/c1-2-3-11-23-17-8-6-14(7-9-17)18-13-15(19(22)21-18)12-16-5-4-10-20-16/h4-10,12-13,20H,2-3,11H2,1H3,(H,21,22). The molecular weight excluding hydrogens is 288 g/mol. The Kier molecular flexibility index (Phi) is 4.62. The average molecular weight is 308 g/mol. The minimum absolute atomic E-state index is 0.0853. The van der Waals surface area contributed by atoms with E-state index in [-0.39, 0.29) is 5.91 Å². The van der Waals surface area contributed by atoms with Crippen molar-refractivity contribution in [1.29, 1.82) is 0 Å². The molecule has 118 valence electrons. The van der Waals surface area contributed by atoms with Gasteiger partial charge in [0.15, 0.2) is 0 Å². The van der Waals surface area contributed by atoms with Crippen LogP contribution in [0.25, 0.3) is 11.8 Å². The molecule has 1 aromatic heterocycles. The lowest BCUT2D eigenvalue weighted by atomic mass is 10.1. The lowest BCUT2D eigenvalue weighted by Crippen LogP contribution is -2.15. The second kappa shape index (κ2) is 7.01. The molecule has 4 nitrogen and oxygen atoms in total. The van der Waals surface area contributed by atoms with Crippen LogP contribution in [0.5, 0.6) is 5.75 Å². The summed E-state index contributed by atoms with van der Waals surface area (Å²) in [5.74, 6) is 0.771. The molecule has 1 amide bonds. The van der Waals surface area contributed by atoms with E-state index < -0.39 is 0 Å². The van der Waals surface area contributed by atoms with Crippen LogP contribution in [0.2, 0.25) is 0 Å². The van der Waals surface area contributed by atoms with E-state index in [1.807, 2.05) is 54.7 Å². The third-order valence-corrected chi connectivity index (χ3v) is 3.68. The van der Waals surface area contributed by atoms with E-state index in [1.165, 1.54) is 0 Å². The van der Waals surface area contributed by atoms with E-state index in [2.05, 4.69) is 17.2 Å². The molecule has 2 heterocycles. The molecule has 1 aliphatic rings. The van der Waals surface area contributed by atoms with Crippen molar-refractivity contribution in [3.8, 4) is 5.75 Å². The maximum absolute atomic E-state index is 12.1. The summed E-state index contributed by atoms with van der Waals surface area (Å²) in [4.78, 5) is 15.1. The summed E-state index contributed by atoms with van der Waals surface area (Å²) in [5, 5.41) is 2.90. The lowest BCUT2D eigenvalue weighted by Gasteiger charge is -2.07. The summed E-state index contributed by atoms with van der Waals surface area (Å²) in [6.45, 7) is 2.87. The number of rotatable bonds is 6. The fraction of sp³-hybridized carbons (Fsp3) is 0.211. The monoisotopic (exact) mass is 308 g/mol. The highest BCUT2D eigenvalue weighted by Crippen LogP contribution is 2.23. The van der Waals surface area contributed by atoms with Gasteiger partial charge in [0.2, 0.25) is 0 Å². The van der Waals surface area contributed by atoms with Crippen molar-refractivity contribution >= 4 is 17.7 Å². The largest absolute Gasteiger partial charge is 0.494 e. The van der Waals surface area contributed by atoms with Crippen LogP contribution in [0.4, 0.5) is 0 Å². The number of carbonyl (C=O) groups excluding carboxylic acids is 1. The van der Waals surface area contributed by atoms with E-state index >= 15 is 0 Å². The number of hydrogen-bond acceptors (Lipinski definition) is 2. The van der Waals surface area contributed by atoms with Crippen molar-refractivity contribution in [2.45, 2.75) is 19.8 Å². The van der Waals surface area contributed by atoms with Crippen LogP contribution >= 0.6 is 0 Å². The number of aromatic nitrogens is 1. The highest BCUT2D eigenvalue weighted by molar-refractivity contribution is 6.10. The molecule has 1 aromatic carbocycles. The molecule has 0 fully saturated rings. The molecule has 0 bridgehead atoms. The number of amides is 1. The second-order valence-electron chi connectivity index (χ2n) is 5.46. The number of carbonyl (C=O) groups is 1. The third-order valence-electron chi connectivity index (χ3n) is 3.68. The van der Waals surface area contributed by atoms with Crippen molar-refractivity contribution in [3.63, 3.8) is 0 Å². The molecule has 0 saturated heterocycles. The first-order valence-electron chi connectivity index (χ1n) is 7.87. The van der Waals surface area contributed by atoms with Gasteiger partial charge >= 0.3 is 0 Å². The van der Waals surface area contributed by atoms with Gasteiger partial charge in [-0.2, -0.15) is 0 Å². The van der Waals surface area contributed by atoms with Gasteiger partial charge in [0.1, 0.15) is 5.75 Å². The van der Waals surface area contributed by atoms with Crippen molar-refractivity contribution in [3.05, 3.63) is 65.5 Å². The number of nitrogens with one attached hydrogen (secondary N) is 2. The molecule has 0 unspecified atom stereocenters. The summed E-state index contributed by atoms with van der Waals surface area (Å²) in [6, 6.07) is 11.6. The van der Waals surface area contributed by atoms with Crippen molar-refractivity contribution in [2.75, 3.05) is 6.61 Å². The number of benzene rings is 1. The molecule has 0 spiro atoms. The van der Waals surface area contributed by atoms with Crippen LogP contribution in [-0.2, 0) is 4.79 Å². The van der Waals surface area contributed by atoms with Gasteiger partial charge in [-0.3, -0.25) is 4.79 Å². The molecule has 4 heteroatoms. The smallest absolute Gasteiger partial charge is 0.255 e. The fourth-order valence-corrected chi connectivity index (χ4v) is 2.38. The Balaban J connectivity index is 1.73. The first-order valence-corrected chi connectivity index (χ1v) is 7.87. The van der Waals surface area contributed by atoms with Crippen molar-refractivity contribution in [1.82, 2.24) is 10.3 Å². The molecule has 23 heavy (non-hydrogen) atoms. The second-order valence-corrected chi connectivity index (χ2v) is 5.46. The zero-order chi connectivity index (χ0) is 16.1. The van der Waals surface area contributed by atoms with E-state index in [0.29, 0.717) is 5.57 Å². The molecule has 2 aromatic rings. The van der Waals surface area contributed by atoms with Crippen molar-refractivity contribution in [2.24, 2.45) is 0 Å². The summed E-state index contributed by atoms with van der Waals surface area (Å²) in [6.07, 6.45) is 7.71. The summed E-state index contributed by atoms with van der Waals surface area (Å²) < 4.78 is 5.65. The topological polar surface area (TPSA) is 54.1 Å². The van der Waals surface area contributed by atoms with Gasteiger partial charge < -0.3 is 15.0 Å². The fourth-order valence-electron chi connectivity index (χ4n) is 2.38. The predicted molar refractivity (Wildman–Crippen MR) is 91.7 cm³/mol. The van der Waals surface area contributed by atoms with E-state index in [9.17, 15) is 4.79 Å². The van der Waals surface area contributed by atoms with Crippen LogP contribution in [0.15, 0.2) is 54.2 Å². The van der Waals surface area contributed by atoms with Gasteiger partial charge in [0.05, 0.1) is 6.61 Å². The average Bonchev–Trinajstić information content (AvgIpc) is 3.19. The minimum Gasteiger partial charge on any atom is -0.494 e. The first-order chi connectivity index (χ1) is 11.3. The molecule has 2 N–H and O–H groups in total. The van der Waals surface area contributed by atoms with Gasteiger partial charge in [-0.15, -0.1) is 0 Å². The summed E-state index contributed by atoms with van der Waals surface area (Å²) in [7, 11) is 0. The summed E-state index contributed by atoms with van der Waals surface area (Å²) >= 11 is 0. The van der Waals surface area contributed by atoms with E-state index in [0.717, 1.165) is 42.2 Å². The highest BCUT2D eigenvalue weighted by atomic mass is 16.5. The van der Waals surface area contributed by atoms with Crippen LogP contribution in [0.1, 0.15) is 31.0 Å². The normalized spacial score (nSPS) is 15.6. The van der Waals surface area contributed by atoms with Crippen molar-refractivity contribution < 1.29 is 9.53 Å². The SMILES string of the molecule is CCCCOc1ccc(C2=CC(=Cc3ccc[nH]3)C(=O)N2)cc1. The molecule has 3 rings (SSSR count). The zero-order valence-corrected chi connectivity index (χ0v) is 13.1. The Morgan fingerprint density at radius 2 is 2.00 bits per heavy atom. The van der Waals surface area contributed by atoms with Crippen LogP contribution in [-0.4, -0.2) is 17.5 Å². The number of ether oxygens (including phenoxy) is 1. The maximum atomic E-state index is 12.1. The Labute approximate surface area is 135 Å². The Hall–Kier alpha value is -2.75. The quantitative estimate of drug-likeness (QED) is 0.631. The minimum atomic E-state index is -0.0853. The van der Waals surface area contributed by atoms with Crippen LogP contribution in [0, 0.1) is 0 Å².